The van der Waals surface area contributed by atoms with Crippen LogP contribution in [0.5, 0.6) is 0 Å². The van der Waals surface area contributed by atoms with Crippen LogP contribution in [0.25, 0.3) is 0 Å². The molecule has 0 aliphatic heterocycles. The van der Waals surface area contributed by atoms with Crippen LogP contribution in [0.4, 0.5) is 0 Å². The molecule has 0 aromatic carbocycles. The van der Waals surface area contributed by atoms with Crippen LogP contribution in [0.15, 0.2) is 0 Å². The molecule has 3 nitrogen and oxygen atoms in total. The Bertz CT molecular complexity index is 269. The lowest BCUT2D eigenvalue weighted by Gasteiger charge is -2.24. The summed E-state index contributed by atoms with van der Waals surface area (Å²) in [5.41, 5.74) is 5.50. The smallest absolute Gasteiger partial charge is 0.222 e. The molecule has 0 saturated heterocycles. The van der Waals surface area contributed by atoms with Gasteiger partial charge in [-0.2, -0.15) is 0 Å². The van der Waals surface area contributed by atoms with Crippen molar-refractivity contribution in [2.24, 2.45) is 5.73 Å². The Labute approximate surface area is 123 Å². The lowest BCUT2D eigenvalue weighted by molar-refractivity contribution is -0.131. The molecule has 0 spiro atoms. The van der Waals surface area contributed by atoms with Gasteiger partial charge in [0.2, 0.25) is 5.91 Å². The van der Waals surface area contributed by atoms with Gasteiger partial charge in [-0.1, -0.05) is 57.7 Å². The van der Waals surface area contributed by atoms with Crippen LogP contribution in [0.1, 0.15) is 71.6 Å². The van der Waals surface area contributed by atoms with Gasteiger partial charge in [0.25, 0.3) is 0 Å². The van der Waals surface area contributed by atoms with E-state index in [9.17, 15) is 4.79 Å². The number of nitrogens with zero attached hydrogens (tertiary/aromatic N) is 1. The van der Waals surface area contributed by atoms with Gasteiger partial charge >= 0.3 is 0 Å². The monoisotopic (exact) mass is 286 g/mol. The number of hydrogen-bond acceptors (Lipinski definition) is 2. The van der Waals surface area contributed by atoms with E-state index in [0.29, 0.717) is 17.8 Å². The maximum absolute atomic E-state index is 11.9. The second kappa shape index (κ2) is 11.2. The van der Waals surface area contributed by atoms with Crippen LogP contribution in [0.2, 0.25) is 0 Å². The van der Waals surface area contributed by atoms with E-state index in [1.54, 1.807) is 4.90 Å². The Kier molecular flexibility index (Phi) is 10.8. The van der Waals surface area contributed by atoms with Crippen LogP contribution in [0.3, 0.4) is 0 Å². The molecule has 0 radical (unpaired) electrons. The minimum atomic E-state index is 0.106. The summed E-state index contributed by atoms with van der Waals surface area (Å²) in [7, 11) is 1.84. The van der Waals surface area contributed by atoms with E-state index in [-0.39, 0.29) is 11.9 Å². The molecule has 0 bridgehead atoms. The van der Waals surface area contributed by atoms with Crippen LogP contribution >= 0.6 is 12.2 Å². The third-order valence-corrected chi connectivity index (χ3v) is 3.71. The molecule has 1 amide bonds. The Morgan fingerprint density at radius 1 is 1.16 bits per heavy atom. The summed E-state index contributed by atoms with van der Waals surface area (Å²) in [4.78, 5) is 14.2. The highest BCUT2D eigenvalue weighted by Gasteiger charge is 2.15. The fourth-order valence-electron chi connectivity index (χ4n) is 2.08. The van der Waals surface area contributed by atoms with Crippen molar-refractivity contribution < 1.29 is 4.79 Å². The first-order valence-electron chi connectivity index (χ1n) is 7.53. The van der Waals surface area contributed by atoms with Crippen molar-refractivity contribution in [2.75, 3.05) is 7.05 Å². The topological polar surface area (TPSA) is 46.3 Å². The van der Waals surface area contributed by atoms with E-state index in [2.05, 4.69) is 6.92 Å². The van der Waals surface area contributed by atoms with Crippen molar-refractivity contribution in [3.63, 3.8) is 0 Å². The molecule has 0 rings (SSSR count). The van der Waals surface area contributed by atoms with E-state index in [4.69, 9.17) is 18.0 Å². The fraction of sp³-hybridized carbons (Fsp3) is 0.867. The summed E-state index contributed by atoms with van der Waals surface area (Å²) in [5.74, 6) is 0.206. The van der Waals surface area contributed by atoms with Crippen LogP contribution < -0.4 is 5.73 Å². The zero-order valence-electron chi connectivity index (χ0n) is 12.8. The highest BCUT2D eigenvalue weighted by atomic mass is 32.1. The molecule has 19 heavy (non-hydrogen) atoms. The molecule has 0 aliphatic carbocycles. The van der Waals surface area contributed by atoms with Gasteiger partial charge in [0, 0.05) is 25.9 Å². The zero-order chi connectivity index (χ0) is 14.7. The number of carbonyl (C=O) groups excluding carboxylic acids is 1. The fourth-order valence-corrected chi connectivity index (χ4v) is 2.32. The van der Waals surface area contributed by atoms with Gasteiger partial charge < -0.3 is 10.6 Å². The van der Waals surface area contributed by atoms with Gasteiger partial charge in [-0.15, -0.1) is 0 Å². The van der Waals surface area contributed by atoms with Crippen LogP contribution in [-0.4, -0.2) is 28.9 Å². The molecule has 0 fully saturated rings. The van der Waals surface area contributed by atoms with E-state index in [1.165, 1.54) is 32.1 Å². The van der Waals surface area contributed by atoms with Crippen LogP contribution in [-0.2, 0) is 4.79 Å². The van der Waals surface area contributed by atoms with Crippen molar-refractivity contribution in [3.8, 4) is 0 Å². The summed E-state index contributed by atoms with van der Waals surface area (Å²) in [6.45, 7) is 4.21. The standard InChI is InChI=1S/C15H30N2OS/c1-4-5-6-7-8-9-10-11-15(18)17(3)13(2)12-14(16)19/h13H,4-12H2,1-3H3,(H2,16,19). The van der Waals surface area contributed by atoms with E-state index in [1.807, 2.05) is 14.0 Å². The first-order valence-corrected chi connectivity index (χ1v) is 7.93. The quantitative estimate of drug-likeness (QED) is 0.466. The first kappa shape index (κ1) is 18.4. The lowest BCUT2D eigenvalue weighted by Crippen LogP contribution is -2.37. The molecule has 0 saturated carbocycles. The van der Waals surface area contributed by atoms with Gasteiger partial charge in [0.05, 0.1) is 4.99 Å². The number of rotatable bonds is 11. The third kappa shape index (κ3) is 9.88. The molecule has 0 aliphatic rings. The second-order valence-electron chi connectivity index (χ2n) is 5.40. The lowest BCUT2D eigenvalue weighted by atomic mass is 10.1. The predicted molar refractivity (Wildman–Crippen MR) is 86.2 cm³/mol. The molecule has 112 valence electrons. The maximum atomic E-state index is 11.9. The maximum Gasteiger partial charge on any atom is 0.222 e. The number of carbonyl (C=O) groups is 1. The minimum Gasteiger partial charge on any atom is -0.393 e. The van der Waals surface area contributed by atoms with Crippen molar-refractivity contribution >= 4 is 23.1 Å². The van der Waals surface area contributed by atoms with Gasteiger partial charge in [-0.25, -0.2) is 0 Å². The Balaban J connectivity index is 3.64. The predicted octanol–water partition coefficient (Wildman–Crippen LogP) is 3.65. The SMILES string of the molecule is CCCCCCCCCC(=O)N(C)C(C)CC(N)=S. The Hall–Kier alpha value is -0.640. The summed E-state index contributed by atoms with van der Waals surface area (Å²) < 4.78 is 0. The number of hydrogen-bond donors (Lipinski definition) is 1. The zero-order valence-corrected chi connectivity index (χ0v) is 13.6. The van der Waals surface area contributed by atoms with Crippen molar-refractivity contribution in [1.82, 2.24) is 4.90 Å². The largest absolute Gasteiger partial charge is 0.393 e. The molecule has 0 aromatic heterocycles. The molecule has 2 N–H and O–H groups in total. The summed E-state index contributed by atoms with van der Waals surface area (Å²) in [5, 5.41) is 0. The first-order chi connectivity index (χ1) is 8.99. The molecule has 1 unspecified atom stereocenters. The van der Waals surface area contributed by atoms with E-state index < -0.39 is 0 Å². The second-order valence-corrected chi connectivity index (χ2v) is 5.92. The summed E-state index contributed by atoms with van der Waals surface area (Å²) in [6.07, 6.45) is 9.90. The number of thiocarbonyl (C=S) groups is 1. The van der Waals surface area contributed by atoms with E-state index in [0.717, 1.165) is 12.8 Å². The normalized spacial score (nSPS) is 12.2. The summed E-state index contributed by atoms with van der Waals surface area (Å²) in [6, 6.07) is 0.106. The Morgan fingerprint density at radius 2 is 1.68 bits per heavy atom. The van der Waals surface area contributed by atoms with Gasteiger partial charge in [-0.3, -0.25) is 4.79 Å². The highest BCUT2D eigenvalue weighted by Crippen LogP contribution is 2.10. The molecular formula is C15H30N2OS. The van der Waals surface area contributed by atoms with Gasteiger partial charge in [0.15, 0.2) is 0 Å². The molecule has 0 aromatic rings. The third-order valence-electron chi connectivity index (χ3n) is 3.55. The van der Waals surface area contributed by atoms with Crippen molar-refractivity contribution in [2.45, 2.75) is 77.7 Å². The Morgan fingerprint density at radius 3 is 2.21 bits per heavy atom. The van der Waals surface area contributed by atoms with Gasteiger partial charge in [-0.05, 0) is 13.3 Å². The highest BCUT2D eigenvalue weighted by molar-refractivity contribution is 7.80. The average Bonchev–Trinajstić information content (AvgIpc) is 2.35. The molecular weight excluding hydrogens is 256 g/mol. The van der Waals surface area contributed by atoms with Crippen molar-refractivity contribution in [3.05, 3.63) is 0 Å². The average molecular weight is 286 g/mol. The molecule has 4 heteroatoms. The van der Waals surface area contributed by atoms with Crippen molar-refractivity contribution in [1.29, 1.82) is 0 Å². The summed E-state index contributed by atoms with van der Waals surface area (Å²) >= 11 is 4.87. The molecule has 0 heterocycles. The van der Waals surface area contributed by atoms with Crippen LogP contribution in [0, 0.1) is 0 Å². The number of nitrogens with two attached hydrogens (primary N) is 1. The number of amides is 1. The number of unbranched alkanes of at least 4 members (excludes halogenated alkanes) is 6. The van der Waals surface area contributed by atoms with E-state index >= 15 is 0 Å². The minimum absolute atomic E-state index is 0.106. The molecule has 1 atom stereocenters. The van der Waals surface area contributed by atoms with Gasteiger partial charge in [0.1, 0.15) is 0 Å².